The Labute approximate surface area is 156 Å². The monoisotopic (exact) mass is 382 g/mol. The smallest absolute Gasteiger partial charge is 0.317 e. The second-order valence-corrected chi connectivity index (χ2v) is 7.07. The van der Waals surface area contributed by atoms with E-state index in [1.807, 2.05) is 18.7 Å². The number of urea groups is 1. The zero-order valence-corrected chi connectivity index (χ0v) is 15.7. The van der Waals surface area contributed by atoms with Crippen molar-refractivity contribution in [2.75, 3.05) is 38.1 Å². The van der Waals surface area contributed by atoms with Crippen LogP contribution < -0.4 is 15.5 Å². The molecule has 1 atom stereocenters. The lowest BCUT2D eigenvalue weighted by Gasteiger charge is -2.23. The number of hydrogen-bond donors (Lipinski definition) is 2. The Morgan fingerprint density at radius 2 is 1.96 bits per heavy atom. The number of hydrogen-bond acceptors (Lipinski definition) is 5. The molecule has 2 saturated heterocycles. The summed E-state index contributed by atoms with van der Waals surface area (Å²) in [5, 5.41) is 5.34. The highest BCUT2D eigenvalue weighted by molar-refractivity contribution is 5.90. The lowest BCUT2D eigenvalue weighted by Crippen LogP contribution is -2.45. The molecule has 3 amide bonds. The van der Waals surface area contributed by atoms with Gasteiger partial charge in [0.05, 0.1) is 6.54 Å². The van der Waals surface area contributed by atoms with Crippen molar-refractivity contribution in [1.29, 1.82) is 0 Å². The average molecular weight is 382 g/mol. The molecule has 27 heavy (non-hydrogen) atoms. The number of rotatable bonds is 3. The summed E-state index contributed by atoms with van der Waals surface area (Å²) < 4.78 is 26.6. The molecule has 1 aromatic rings. The highest BCUT2D eigenvalue weighted by Gasteiger charge is 2.41. The minimum Gasteiger partial charge on any atom is -0.354 e. The second-order valence-electron chi connectivity index (χ2n) is 7.07. The summed E-state index contributed by atoms with van der Waals surface area (Å²) in [6.45, 7) is 4.38. The van der Waals surface area contributed by atoms with E-state index < -0.39 is 18.5 Å². The number of nitrogens with one attached hydrogen (secondary N) is 2. The molecule has 1 aromatic heterocycles. The van der Waals surface area contributed by atoms with Crippen LogP contribution in [0.2, 0.25) is 0 Å². The van der Waals surface area contributed by atoms with Gasteiger partial charge in [0.1, 0.15) is 5.82 Å². The number of amides is 3. The fourth-order valence-corrected chi connectivity index (χ4v) is 3.38. The molecule has 2 aliphatic rings. The van der Waals surface area contributed by atoms with E-state index in [0.717, 1.165) is 10.5 Å². The average Bonchev–Trinajstić information content (AvgIpc) is 3.22. The molecular weight excluding hydrogens is 358 g/mol. The van der Waals surface area contributed by atoms with Crippen LogP contribution in [0.5, 0.6) is 0 Å². The fourth-order valence-electron chi connectivity index (χ4n) is 3.38. The van der Waals surface area contributed by atoms with Crippen LogP contribution in [0.15, 0.2) is 0 Å². The molecule has 8 nitrogen and oxygen atoms in total. The second kappa shape index (κ2) is 7.24. The number of alkyl halides is 2. The van der Waals surface area contributed by atoms with Crippen LogP contribution in [-0.2, 0) is 0 Å². The van der Waals surface area contributed by atoms with Gasteiger partial charge in [0.2, 0.25) is 5.82 Å². The van der Waals surface area contributed by atoms with Gasteiger partial charge in [0.25, 0.3) is 11.8 Å². The van der Waals surface area contributed by atoms with Crippen molar-refractivity contribution in [3.63, 3.8) is 0 Å². The largest absolute Gasteiger partial charge is 0.354 e. The van der Waals surface area contributed by atoms with E-state index in [0.29, 0.717) is 31.0 Å². The van der Waals surface area contributed by atoms with Gasteiger partial charge in [0.15, 0.2) is 0 Å². The van der Waals surface area contributed by atoms with Crippen LogP contribution in [0.25, 0.3) is 0 Å². The minimum atomic E-state index is -2.80. The Hall–Kier alpha value is -2.52. The zero-order chi connectivity index (χ0) is 19.8. The van der Waals surface area contributed by atoms with Crippen LogP contribution >= 0.6 is 0 Å². The molecule has 0 spiro atoms. The molecule has 0 saturated carbocycles. The maximum atomic E-state index is 13.3. The van der Waals surface area contributed by atoms with Crippen molar-refractivity contribution in [2.45, 2.75) is 38.7 Å². The first-order valence-corrected chi connectivity index (χ1v) is 8.96. The van der Waals surface area contributed by atoms with Gasteiger partial charge in [-0.05, 0) is 20.3 Å². The third kappa shape index (κ3) is 4.09. The number of likely N-dealkylation sites (tertiary alicyclic amines) is 1. The third-order valence-electron chi connectivity index (χ3n) is 5.07. The molecule has 2 aliphatic heterocycles. The van der Waals surface area contributed by atoms with Gasteiger partial charge in [0, 0.05) is 50.4 Å². The predicted octanol–water partition coefficient (Wildman–Crippen LogP) is 1.08. The number of halogens is 2. The van der Waals surface area contributed by atoms with Crippen LogP contribution in [0.1, 0.15) is 34.7 Å². The van der Waals surface area contributed by atoms with Gasteiger partial charge in [-0.3, -0.25) is 4.79 Å². The molecule has 2 fully saturated rings. The van der Waals surface area contributed by atoms with Crippen molar-refractivity contribution in [2.24, 2.45) is 0 Å². The van der Waals surface area contributed by atoms with Gasteiger partial charge in [-0.25, -0.2) is 23.5 Å². The van der Waals surface area contributed by atoms with Gasteiger partial charge in [-0.1, -0.05) is 0 Å². The van der Waals surface area contributed by atoms with Crippen molar-refractivity contribution >= 4 is 17.8 Å². The van der Waals surface area contributed by atoms with Crippen LogP contribution in [0.4, 0.5) is 19.4 Å². The maximum Gasteiger partial charge on any atom is 0.317 e. The van der Waals surface area contributed by atoms with Gasteiger partial charge in [-0.15, -0.1) is 0 Å². The molecule has 0 radical (unpaired) electrons. The van der Waals surface area contributed by atoms with Crippen LogP contribution in [0, 0.1) is 13.8 Å². The Kier molecular flexibility index (Phi) is 5.16. The first-order valence-electron chi connectivity index (χ1n) is 8.96. The molecule has 10 heteroatoms. The van der Waals surface area contributed by atoms with Crippen molar-refractivity contribution < 1.29 is 18.4 Å². The van der Waals surface area contributed by atoms with E-state index >= 15 is 0 Å². The zero-order valence-electron chi connectivity index (χ0n) is 15.7. The first kappa shape index (κ1) is 19.2. The number of carbonyl (C=O) groups excluding carboxylic acids is 2. The minimum absolute atomic E-state index is 0.0645. The standard InChI is InChI=1S/C17H24F2N6O2/c1-10-11(2)21-13(15(26)20-3)23-14(10)24-6-4-12(8-24)22-16(27)25-7-5-17(18,19)9-25/h12H,4-9H2,1-3H3,(H,20,26)(H,22,27)/t12-/m1/s1. The Morgan fingerprint density at radius 1 is 1.22 bits per heavy atom. The highest BCUT2D eigenvalue weighted by atomic mass is 19.3. The van der Waals surface area contributed by atoms with E-state index in [1.165, 1.54) is 7.05 Å². The summed E-state index contributed by atoms with van der Waals surface area (Å²) in [4.78, 5) is 35.8. The molecular formula is C17H24F2N6O2. The SMILES string of the molecule is CNC(=O)c1nc(C)c(C)c(N2CC[C@@H](NC(=O)N3CCC(F)(F)C3)C2)n1. The van der Waals surface area contributed by atoms with Crippen LogP contribution in [-0.4, -0.2) is 72.0 Å². The van der Waals surface area contributed by atoms with E-state index in [4.69, 9.17) is 0 Å². The van der Waals surface area contributed by atoms with Gasteiger partial charge >= 0.3 is 6.03 Å². The Balaban J connectivity index is 1.67. The lowest BCUT2D eigenvalue weighted by molar-refractivity contribution is 0.0153. The molecule has 3 rings (SSSR count). The normalized spacial score (nSPS) is 21.4. The fraction of sp³-hybridized carbons (Fsp3) is 0.647. The summed E-state index contributed by atoms with van der Waals surface area (Å²) >= 11 is 0. The molecule has 148 valence electrons. The summed E-state index contributed by atoms with van der Waals surface area (Å²) in [5.74, 6) is -2.41. The molecule has 0 aromatic carbocycles. The number of carbonyl (C=O) groups is 2. The van der Waals surface area contributed by atoms with Crippen molar-refractivity contribution in [3.05, 3.63) is 17.1 Å². The summed E-state index contributed by atoms with van der Waals surface area (Å²) in [6, 6.07) is -0.620. The highest BCUT2D eigenvalue weighted by Crippen LogP contribution is 2.27. The summed E-state index contributed by atoms with van der Waals surface area (Å²) in [5.41, 5.74) is 1.58. The lowest BCUT2D eigenvalue weighted by atomic mass is 10.2. The molecule has 0 unspecified atom stereocenters. The molecule has 0 aliphatic carbocycles. The van der Waals surface area contributed by atoms with E-state index in [1.54, 1.807) is 0 Å². The Morgan fingerprint density at radius 3 is 2.59 bits per heavy atom. The quantitative estimate of drug-likeness (QED) is 0.817. The molecule has 3 heterocycles. The predicted molar refractivity (Wildman–Crippen MR) is 95.2 cm³/mol. The number of nitrogens with zero attached hydrogens (tertiary/aromatic N) is 4. The van der Waals surface area contributed by atoms with Gasteiger partial charge in [-0.2, -0.15) is 0 Å². The van der Waals surface area contributed by atoms with Crippen molar-refractivity contribution in [3.8, 4) is 0 Å². The van der Waals surface area contributed by atoms with E-state index in [2.05, 4.69) is 20.6 Å². The number of aromatic nitrogens is 2. The van der Waals surface area contributed by atoms with E-state index in [9.17, 15) is 18.4 Å². The molecule has 0 bridgehead atoms. The van der Waals surface area contributed by atoms with Crippen molar-refractivity contribution in [1.82, 2.24) is 25.5 Å². The van der Waals surface area contributed by atoms with Crippen LogP contribution in [0.3, 0.4) is 0 Å². The Bertz CT molecular complexity index is 757. The number of aryl methyl sites for hydroxylation is 1. The maximum absolute atomic E-state index is 13.3. The topological polar surface area (TPSA) is 90.5 Å². The molecule has 2 N–H and O–H groups in total. The summed E-state index contributed by atoms with van der Waals surface area (Å²) in [7, 11) is 1.52. The number of anilines is 1. The van der Waals surface area contributed by atoms with Gasteiger partial charge < -0.3 is 20.4 Å². The summed E-state index contributed by atoms with van der Waals surface area (Å²) in [6.07, 6.45) is 0.382. The third-order valence-corrected chi connectivity index (χ3v) is 5.07. The van der Waals surface area contributed by atoms with E-state index in [-0.39, 0.29) is 30.7 Å². The first-order chi connectivity index (χ1) is 12.7.